The number of para-hydroxylation sites is 1. The Hall–Kier alpha value is -2.50. The molecule has 6 heteroatoms. The third-order valence-corrected chi connectivity index (χ3v) is 4.56. The van der Waals surface area contributed by atoms with Crippen molar-refractivity contribution >= 4 is 5.96 Å². The Bertz CT molecular complexity index is 736. The summed E-state index contributed by atoms with van der Waals surface area (Å²) in [5.74, 6) is 1.72. The molecule has 0 aliphatic carbocycles. The molecular weight excluding hydrogens is 326 g/mol. The van der Waals surface area contributed by atoms with Gasteiger partial charge in [0.2, 0.25) is 0 Å². The Morgan fingerprint density at radius 3 is 2.62 bits per heavy atom. The van der Waals surface area contributed by atoms with Gasteiger partial charge in [0, 0.05) is 38.4 Å². The average molecular weight is 358 g/mol. The number of hydrogen-bond donors (Lipinski definition) is 2. The quantitative estimate of drug-likeness (QED) is 0.563. The van der Waals surface area contributed by atoms with E-state index in [4.69, 9.17) is 4.74 Å². The second-order valence-corrected chi connectivity index (χ2v) is 6.12. The van der Waals surface area contributed by atoms with Crippen LogP contribution in [0, 0.1) is 0 Å². The monoisotopic (exact) mass is 357 g/mol. The molecule has 0 amide bonds. The Morgan fingerprint density at radius 2 is 1.96 bits per heavy atom. The minimum atomic E-state index is 0.731. The van der Waals surface area contributed by atoms with Gasteiger partial charge in [-0.2, -0.15) is 5.10 Å². The molecule has 0 spiro atoms. The van der Waals surface area contributed by atoms with Gasteiger partial charge in [-0.1, -0.05) is 32.0 Å². The molecule has 0 bridgehead atoms. The van der Waals surface area contributed by atoms with Crippen molar-refractivity contribution in [2.24, 2.45) is 12.0 Å². The highest BCUT2D eigenvalue weighted by Gasteiger charge is 2.13. The van der Waals surface area contributed by atoms with Crippen molar-refractivity contribution in [3.05, 3.63) is 46.8 Å². The Kier molecular flexibility index (Phi) is 7.51. The molecule has 0 aliphatic heterocycles. The topological polar surface area (TPSA) is 63.5 Å². The Labute approximate surface area is 156 Å². The molecule has 26 heavy (non-hydrogen) atoms. The highest BCUT2D eigenvalue weighted by molar-refractivity contribution is 5.79. The van der Waals surface area contributed by atoms with Crippen molar-refractivity contribution in [1.82, 2.24) is 20.4 Å². The van der Waals surface area contributed by atoms with Gasteiger partial charge < -0.3 is 15.4 Å². The lowest BCUT2D eigenvalue weighted by atomic mass is 10.1. The summed E-state index contributed by atoms with van der Waals surface area (Å²) < 4.78 is 7.40. The zero-order chi connectivity index (χ0) is 18.9. The number of guanidine groups is 1. The molecule has 1 heterocycles. The first-order valence-corrected chi connectivity index (χ1v) is 9.24. The number of aromatic nitrogens is 2. The molecule has 0 fully saturated rings. The minimum Gasteiger partial charge on any atom is -0.496 e. The number of aryl methyl sites for hydroxylation is 2. The maximum atomic E-state index is 5.40. The number of hydrogen-bond acceptors (Lipinski definition) is 3. The van der Waals surface area contributed by atoms with E-state index in [1.54, 1.807) is 14.2 Å². The van der Waals surface area contributed by atoms with E-state index >= 15 is 0 Å². The van der Waals surface area contributed by atoms with Crippen LogP contribution in [0.3, 0.4) is 0 Å². The molecular formula is C20H31N5O. The summed E-state index contributed by atoms with van der Waals surface area (Å²) in [5, 5.41) is 11.4. The summed E-state index contributed by atoms with van der Waals surface area (Å²) in [6, 6.07) is 8.10. The zero-order valence-corrected chi connectivity index (χ0v) is 16.6. The minimum absolute atomic E-state index is 0.731. The van der Waals surface area contributed by atoms with E-state index in [1.807, 2.05) is 29.9 Å². The predicted molar refractivity (Wildman–Crippen MR) is 107 cm³/mol. The van der Waals surface area contributed by atoms with Crippen LogP contribution in [0.5, 0.6) is 5.75 Å². The second-order valence-electron chi connectivity index (χ2n) is 6.12. The van der Waals surface area contributed by atoms with Crippen LogP contribution < -0.4 is 15.4 Å². The van der Waals surface area contributed by atoms with Crippen molar-refractivity contribution in [3.8, 4) is 5.75 Å². The van der Waals surface area contributed by atoms with Crippen molar-refractivity contribution < 1.29 is 4.74 Å². The Balaban J connectivity index is 1.93. The van der Waals surface area contributed by atoms with Crippen LogP contribution in [-0.2, 0) is 32.9 Å². The number of rotatable bonds is 8. The van der Waals surface area contributed by atoms with E-state index in [0.29, 0.717) is 0 Å². The zero-order valence-electron chi connectivity index (χ0n) is 16.6. The third kappa shape index (κ3) is 4.77. The van der Waals surface area contributed by atoms with Gasteiger partial charge in [0.1, 0.15) is 5.75 Å². The van der Waals surface area contributed by atoms with Gasteiger partial charge in [0.05, 0.1) is 12.8 Å². The number of nitrogens with zero attached hydrogens (tertiary/aromatic N) is 3. The largest absolute Gasteiger partial charge is 0.496 e. The van der Waals surface area contributed by atoms with Gasteiger partial charge >= 0.3 is 0 Å². The van der Waals surface area contributed by atoms with Gasteiger partial charge in [-0.3, -0.25) is 9.67 Å². The third-order valence-electron chi connectivity index (χ3n) is 4.56. The van der Waals surface area contributed by atoms with Crippen LogP contribution in [0.25, 0.3) is 0 Å². The Morgan fingerprint density at radius 1 is 1.19 bits per heavy atom. The number of ether oxygens (including phenoxy) is 1. The second kappa shape index (κ2) is 9.85. The molecule has 1 aromatic carbocycles. The first kappa shape index (κ1) is 19.8. The maximum Gasteiger partial charge on any atom is 0.191 e. The van der Waals surface area contributed by atoms with Crippen LogP contribution in [0.4, 0.5) is 0 Å². The normalized spacial score (nSPS) is 11.5. The lowest BCUT2D eigenvalue weighted by molar-refractivity contribution is 0.409. The fraction of sp³-hybridized carbons (Fsp3) is 0.500. The summed E-state index contributed by atoms with van der Waals surface area (Å²) in [4.78, 5) is 4.33. The van der Waals surface area contributed by atoms with Gasteiger partial charge in [-0.25, -0.2) is 0 Å². The molecule has 2 N–H and O–H groups in total. The number of nitrogens with one attached hydrogen (secondary N) is 2. The van der Waals surface area contributed by atoms with Gasteiger partial charge in [0.25, 0.3) is 0 Å². The lowest BCUT2D eigenvalue weighted by Gasteiger charge is -2.14. The smallest absolute Gasteiger partial charge is 0.191 e. The van der Waals surface area contributed by atoms with E-state index < -0.39 is 0 Å². The molecule has 0 atom stereocenters. The molecule has 2 rings (SSSR count). The van der Waals surface area contributed by atoms with Gasteiger partial charge in [-0.05, 0) is 30.9 Å². The van der Waals surface area contributed by atoms with E-state index in [2.05, 4.69) is 40.6 Å². The first-order chi connectivity index (χ1) is 12.6. The molecule has 142 valence electrons. The van der Waals surface area contributed by atoms with Crippen LogP contribution in [-0.4, -0.2) is 36.4 Å². The maximum absolute atomic E-state index is 5.40. The highest BCUT2D eigenvalue weighted by Crippen LogP contribution is 2.17. The number of aliphatic imine (C=N–C) groups is 1. The first-order valence-electron chi connectivity index (χ1n) is 9.24. The van der Waals surface area contributed by atoms with E-state index in [0.717, 1.165) is 49.8 Å². The summed E-state index contributed by atoms with van der Waals surface area (Å²) in [7, 11) is 5.52. The van der Waals surface area contributed by atoms with E-state index in [9.17, 15) is 0 Å². The summed E-state index contributed by atoms with van der Waals surface area (Å²) in [6.07, 6.45) is 2.78. The summed E-state index contributed by atoms with van der Waals surface area (Å²) in [6.45, 7) is 5.83. The van der Waals surface area contributed by atoms with E-state index in [1.165, 1.54) is 16.8 Å². The number of benzene rings is 1. The molecule has 0 radical (unpaired) electrons. The molecule has 0 saturated heterocycles. The molecule has 2 aromatic rings. The SMILES string of the molecule is CCc1nn(C)c(CC)c1CNC(=NC)NCCc1ccccc1OC. The van der Waals surface area contributed by atoms with Crippen LogP contribution in [0.1, 0.15) is 36.4 Å². The lowest BCUT2D eigenvalue weighted by Crippen LogP contribution is -2.38. The van der Waals surface area contributed by atoms with Crippen LogP contribution in [0.15, 0.2) is 29.3 Å². The molecule has 1 aromatic heterocycles. The highest BCUT2D eigenvalue weighted by atomic mass is 16.5. The standard InChI is InChI=1S/C20H31N5O/c1-6-17-16(18(7-2)25(4)24-17)14-23-20(21-3)22-13-12-15-10-8-9-11-19(15)26-5/h8-11H,6-7,12-14H2,1-5H3,(H2,21,22,23). The van der Waals surface area contributed by atoms with Crippen molar-refractivity contribution in [3.63, 3.8) is 0 Å². The van der Waals surface area contributed by atoms with Crippen LogP contribution >= 0.6 is 0 Å². The fourth-order valence-corrected chi connectivity index (χ4v) is 3.21. The molecule has 0 aliphatic rings. The summed E-state index contributed by atoms with van der Waals surface area (Å²) in [5.41, 5.74) is 4.90. The molecule has 0 unspecified atom stereocenters. The van der Waals surface area contributed by atoms with Gasteiger partial charge in [-0.15, -0.1) is 0 Å². The predicted octanol–water partition coefficient (Wildman–Crippen LogP) is 2.46. The van der Waals surface area contributed by atoms with Crippen LogP contribution in [0.2, 0.25) is 0 Å². The summed E-state index contributed by atoms with van der Waals surface area (Å²) >= 11 is 0. The number of methoxy groups -OCH3 is 1. The fourth-order valence-electron chi connectivity index (χ4n) is 3.21. The van der Waals surface area contributed by atoms with Crippen molar-refractivity contribution in [2.75, 3.05) is 20.7 Å². The van der Waals surface area contributed by atoms with Crippen molar-refractivity contribution in [1.29, 1.82) is 0 Å². The van der Waals surface area contributed by atoms with E-state index in [-0.39, 0.29) is 0 Å². The molecule has 0 saturated carbocycles. The van der Waals surface area contributed by atoms with Gasteiger partial charge in [0.15, 0.2) is 5.96 Å². The molecule has 6 nitrogen and oxygen atoms in total. The average Bonchev–Trinajstić information content (AvgIpc) is 2.99. The van der Waals surface area contributed by atoms with Crippen molar-refractivity contribution in [2.45, 2.75) is 39.7 Å².